The van der Waals surface area contributed by atoms with E-state index in [-0.39, 0.29) is 5.12 Å². The van der Waals surface area contributed by atoms with Crippen LogP contribution in [0.25, 0.3) is 0 Å². The highest BCUT2D eigenvalue weighted by molar-refractivity contribution is 7.96. The monoisotopic (exact) mass is 143 g/mol. The summed E-state index contributed by atoms with van der Waals surface area (Å²) >= 11 is 4.36. The van der Waals surface area contributed by atoms with Crippen LogP contribution in [0.4, 0.5) is 0 Å². The largest absolute Gasteiger partial charge is 0.282 e. The highest BCUT2D eigenvalue weighted by Crippen LogP contribution is 2.04. The Kier molecular flexibility index (Phi) is 4.32. The van der Waals surface area contributed by atoms with Gasteiger partial charge in [0.05, 0.1) is 0 Å². The second-order valence-electron chi connectivity index (χ2n) is 2.18. The van der Waals surface area contributed by atoms with E-state index >= 15 is 0 Å². The molecule has 0 saturated carbocycles. The number of allylic oxidation sites excluding steroid dienone is 1. The maximum absolute atomic E-state index is 10.2. The quantitative estimate of drug-likeness (QED) is 0.552. The van der Waals surface area contributed by atoms with Crippen molar-refractivity contribution in [3.8, 4) is 0 Å². The average molecular weight is 143 g/mol. The van der Waals surface area contributed by atoms with Crippen LogP contribution in [-0.4, -0.2) is 5.12 Å². The molecule has 2 heteroatoms. The first-order valence-corrected chi connectivity index (χ1v) is 3.38. The molecule has 0 aromatic rings. The molecular weight excluding hydrogens is 132 g/mol. The summed E-state index contributed by atoms with van der Waals surface area (Å²) in [6, 6.07) is 0. The molecule has 0 N–H and O–H groups in total. The molecule has 0 aliphatic rings. The van der Waals surface area contributed by atoms with Gasteiger partial charge in [0.1, 0.15) is 0 Å². The lowest BCUT2D eigenvalue weighted by molar-refractivity contribution is -0.110. The zero-order chi connectivity index (χ0) is 7.28. The summed E-state index contributed by atoms with van der Waals surface area (Å²) in [5, 5.41) is -0.142. The third kappa shape index (κ3) is 7.63. The van der Waals surface area contributed by atoms with Gasteiger partial charge in [-0.05, 0) is 32.4 Å². The summed E-state index contributed by atoms with van der Waals surface area (Å²) in [5.74, 6) is 0. The molecule has 0 heterocycles. The first-order valence-electron chi connectivity index (χ1n) is 2.97. The Morgan fingerprint density at radius 2 is 2.11 bits per heavy atom. The van der Waals surface area contributed by atoms with Crippen molar-refractivity contribution in [1.82, 2.24) is 0 Å². The Bertz CT molecular complexity index is 104. The van der Waals surface area contributed by atoms with Crippen LogP contribution < -0.4 is 0 Å². The molecule has 0 aromatic heterocycles. The standard InChI is InChI=1S/C7H11OS/c1-6(2)4-3-5-7(8)9/h1,3-5H2,2H3. The van der Waals surface area contributed by atoms with E-state index in [0.717, 1.165) is 18.4 Å². The van der Waals surface area contributed by atoms with Crippen LogP contribution in [0.1, 0.15) is 26.2 Å². The number of carbonyl (C=O) groups excluding carboxylic acids is 1. The highest BCUT2D eigenvalue weighted by atomic mass is 32.1. The first-order chi connectivity index (χ1) is 4.13. The summed E-state index contributed by atoms with van der Waals surface area (Å²) in [6.45, 7) is 5.66. The van der Waals surface area contributed by atoms with Crippen molar-refractivity contribution in [1.29, 1.82) is 0 Å². The molecule has 1 radical (unpaired) electrons. The van der Waals surface area contributed by atoms with Gasteiger partial charge in [0.2, 0.25) is 5.12 Å². The van der Waals surface area contributed by atoms with Crippen molar-refractivity contribution in [2.24, 2.45) is 0 Å². The molecule has 0 saturated heterocycles. The van der Waals surface area contributed by atoms with Gasteiger partial charge in [-0.1, -0.05) is 5.57 Å². The molecule has 0 atom stereocenters. The SMILES string of the molecule is C=C(C)CCCC(=O)[S]. The average Bonchev–Trinajstić information content (AvgIpc) is 1.63. The predicted octanol–water partition coefficient (Wildman–Crippen LogP) is 2.46. The maximum Gasteiger partial charge on any atom is 0.218 e. The molecule has 0 amide bonds. The molecule has 51 valence electrons. The van der Waals surface area contributed by atoms with Crippen molar-refractivity contribution < 1.29 is 4.79 Å². The van der Waals surface area contributed by atoms with Crippen molar-refractivity contribution in [3.05, 3.63) is 12.2 Å². The van der Waals surface area contributed by atoms with Crippen LogP contribution in [0.3, 0.4) is 0 Å². The van der Waals surface area contributed by atoms with Gasteiger partial charge in [0, 0.05) is 6.42 Å². The third-order valence-electron chi connectivity index (χ3n) is 0.984. The topological polar surface area (TPSA) is 17.1 Å². The number of hydrogen-bond acceptors (Lipinski definition) is 1. The highest BCUT2D eigenvalue weighted by Gasteiger charge is 1.94. The third-order valence-corrected chi connectivity index (χ3v) is 1.19. The Hall–Kier alpha value is -0.370. The van der Waals surface area contributed by atoms with E-state index in [4.69, 9.17) is 0 Å². The van der Waals surface area contributed by atoms with Crippen molar-refractivity contribution in [2.45, 2.75) is 26.2 Å². The molecule has 0 aliphatic heterocycles. The van der Waals surface area contributed by atoms with E-state index in [2.05, 4.69) is 19.2 Å². The van der Waals surface area contributed by atoms with Gasteiger partial charge in [-0.3, -0.25) is 4.79 Å². The minimum atomic E-state index is -0.142. The first kappa shape index (κ1) is 8.63. The van der Waals surface area contributed by atoms with E-state index in [1.165, 1.54) is 0 Å². The fourth-order valence-electron chi connectivity index (χ4n) is 0.535. The molecule has 0 rings (SSSR count). The molecular formula is C7H11OS. The number of carbonyl (C=O) groups is 1. The van der Waals surface area contributed by atoms with Crippen molar-refractivity contribution >= 4 is 17.7 Å². The summed E-state index contributed by atoms with van der Waals surface area (Å²) < 4.78 is 0. The molecule has 0 aliphatic carbocycles. The smallest absolute Gasteiger partial charge is 0.218 e. The van der Waals surface area contributed by atoms with Crippen LogP contribution in [0, 0.1) is 0 Å². The lowest BCUT2D eigenvalue weighted by Gasteiger charge is -1.93. The summed E-state index contributed by atoms with van der Waals surface area (Å²) in [6.07, 6.45) is 2.29. The maximum atomic E-state index is 10.2. The van der Waals surface area contributed by atoms with E-state index < -0.39 is 0 Å². The van der Waals surface area contributed by atoms with Gasteiger partial charge in [0.25, 0.3) is 0 Å². The molecule has 0 spiro atoms. The Morgan fingerprint density at radius 3 is 2.44 bits per heavy atom. The van der Waals surface area contributed by atoms with E-state index in [9.17, 15) is 4.79 Å². The molecule has 1 nitrogen and oxygen atoms in total. The molecule has 0 fully saturated rings. The van der Waals surface area contributed by atoms with Crippen molar-refractivity contribution in [3.63, 3.8) is 0 Å². The van der Waals surface area contributed by atoms with Crippen LogP contribution in [-0.2, 0) is 4.79 Å². The number of rotatable bonds is 4. The molecule has 0 bridgehead atoms. The minimum Gasteiger partial charge on any atom is -0.282 e. The minimum absolute atomic E-state index is 0.142. The summed E-state index contributed by atoms with van der Waals surface area (Å²) in [7, 11) is 0. The van der Waals surface area contributed by atoms with Crippen LogP contribution >= 0.6 is 12.6 Å². The van der Waals surface area contributed by atoms with Gasteiger partial charge in [-0.15, -0.1) is 6.58 Å². The van der Waals surface area contributed by atoms with Crippen molar-refractivity contribution in [2.75, 3.05) is 0 Å². The normalized spacial score (nSPS) is 9.00. The Balaban J connectivity index is 3.10. The van der Waals surface area contributed by atoms with Crippen LogP contribution in [0.5, 0.6) is 0 Å². The zero-order valence-corrected chi connectivity index (χ0v) is 6.46. The Morgan fingerprint density at radius 1 is 1.56 bits per heavy atom. The Labute approximate surface area is 61.6 Å². The fraction of sp³-hybridized carbons (Fsp3) is 0.571. The van der Waals surface area contributed by atoms with Gasteiger partial charge < -0.3 is 0 Å². The van der Waals surface area contributed by atoms with Crippen LogP contribution in [0.15, 0.2) is 12.2 Å². The second kappa shape index (κ2) is 4.50. The van der Waals surface area contributed by atoms with E-state index in [1.807, 2.05) is 6.92 Å². The van der Waals surface area contributed by atoms with Gasteiger partial charge in [-0.2, -0.15) is 0 Å². The molecule has 9 heavy (non-hydrogen) atoms. The second-order valence-corrected chi connectivity index (χ2v) is 2.64. The zero-order valence-electron chi connectivity index (χ0n) is 5.64. The predicted molar refractivity (Wildman–Crippen MR) is 41.3 cm³/mol. The van der Waals surface area contributed by atoms with Gasteiger partial charge >= 0.3 is 0 Å². The summed E-state index contributed by atoms with van der Waals surface area (Å²) in [5.41, 5.74) is 1.12. The number of hydrogen-bond donors (Lipinski definition) is 0. The molecule has 0 unspecified atom stereocenters. The fourth-order valence-corrected chi connectivity index (χ4v) is 0.679. The molecule has 0 aromatic carbocycles. The van der Waals surface area contributed by atoms with Gasteiger partial charge in [0.15, 0.2) is 0 Å². The van der Waals surface area contributed by atoms with E-state index in [1.54, 1.807) is 0 Å². The van der Waals surface area contributed by atoms with E-state index in [0.29, 0.717) is 6.42 Å². The summed E-state index contributed by atoms with van der Waals surface area (Å²) in [4.78, 5) is 10.2. The van der Waals surface area contributed by atoms with Gasteiger partial charge in [-0.25, -0.2) is 0 Å². The lowest BCUT2D eigenvalue weighted by Crippen LogP contribution is -1.85. The van der Waals surface area contributed by atoms with Crippen LogP contribution in [0.2, 0.25) is 0 Å². The lowest BCUT2D eigenvalue weighted by atomic mass is 10.1.